The molecule has 2 atom stereocenters. The molecular weight excluding hydrogens is 538 g/mol. The number of ether oxygens (including phenoxy) is 1. The van der Waals surface area contributed by atoms with E-state index in [-0.39, 0.29) is 12.0 Å². The molecule has 5 aromatic rings. The van der Waals surface area contributed by atoms with E-state index in [0.29, 0.717) is 0 Å². The summed E-state index contributed by atoms with van der Waals surface area (Å²) in [6, 6.07) is 18.8. The van der Waals surface area contributed by atoms with Crippen molar-refractivity contribution in [3.8, 4) is 5.75 Å². The van der Waals surface area contributed by atoms with Gasteiger partial charge in [0.25, 0.3) is 0 Å². The van der Waals surface area contributed by atoms with E-state index in [4.69, 9.17) is 4.74 Å². The number of carbonyl (C=O) groups is 1. The molecule has 0 saturated heterocycles. The van der Waals surface area contributed by atoms with Crippen molar-refractivity contribution in [2.45, 2.75) is 66.2 Å². The number of hydrogen-bond donors (Lipinski definition) is 1. The van der Waals surface area contributed by atoms with Crippen LogP contribution in [0.1, 0.15) is 66.5 Å². The number of aryl methyl sites for hydroxylation is 3. The van der Waals surface area contributed by atoms with Crippen LogP contribution in [0.4, 0.5) is 0 Å². The van der Waals surface area contributed by atoms with Gasteiger partial charge in [0.05, 0.1) is 16.4 Å². The van der Waals surface area contributed by atoms with Crippen molar-refractivity contribution in [3.63, 3.8) is 0 Å². The van der Waals surface area contributed by atoms with E-state index in [1.54, 1.807) is 4.68 Å². The first-order valence-electron chi connectivity index (χ1n) is 14.9. The minimum Gasteiger partial charge on any atom is -0.489 e. The summed E-state index contributed by atoms with van der Waals surface area (Å²) >= 11 is 0. The van der Waals surface area contributed by atoms with Gasteiger partial charge in [-0.05, 0) is 86.2 Å². The molecule has 2 unspecified atom stereocenters. The van der Waals surface area contributed by atoms with Crippen LogP contribution in [0.3, 0.4) is 0 Å². The number of pyridine rings is 1. The predicted octanol–water partition coefficient (Wildman–Crippen LogP) is 6.55. The highest BCUT2D eigenvalue weighted by Gasteiger charge is 2.40. The van der Waals surface area contributed by atoms with Crippen LogP contribution >= 0.6 is 0 Å². The summed E-state index contributed by atoms with van der Waals surface area (Å²) in [6.45, 7) is 12.2. The van der Waals surface area contributed by atoms with Gasteiger partial charge in [0, 0.05) is 49.7 Å². The van der Waals surface area contributed by atoms with Crippen molar-refractivity contribution >= 4 is 27.9 Å². The van der Waals surface area contributed by atoms with Crippen LogP contribution in [-0.2, 0) is 24.9 Å². The standard InChI is InChI=1S/C35H39N5O3/c1-7-27-20-40(19-26-16-29-23(9-8-14-36-29)17-31(26)43-27)18-25-15-24(11-10-21(25)2)32(35(4,5)34(41)42)28-12-13-30-33(22(28)3)37-38-39(30)6/h8-17,27,32H,7,18-20H2,1-6H3,(H,41,42). The van der Waals surface area contributed by atoms with Crippen molar-refractivity contribution in [1.82, 2.24) is 24.9 Å². The quantitative estimate of drug-likeness (QED) is 0.234. The fourth-order valence-electron chi connectivity index (χ4n) is 6.47. The topological polar surface area (TPSA) is 93.4 Å². The fraction of sp³-hybridized carbons (Fsp3) is 0.371. The molecule has 0 bridgehead atoms. The highest BCUT2D eigenvalue weighted by Crippen LogP contribution is 2.44. The molecule has 8 heteroatoms. The Bertz CT molecular complexity index is 1840. The Hall–Kier alpha value is -4.30. The van der Waals surface area contributed by atoms with Crippen LogP contribution in [0, 0.1) is 19.3 Å². The molecule has 43 heavy (non-hydrogen) atoms. The maximum absolute atomic E-state index is 12.7. The minimum atomic E-state index is -1.07. The molecular formula is C35H39N5O3. The maximum atomic E-state index is 12.7. The summed E-state index contributed by atoms with van der Waals surface area (Å²) in [5, 5.41) is 20.1. The molecule has 0 amide bonds. The van der Waals surface area contributed by atoms with E-state index < -0.39 is 11.4 Å². The average Bonchev–Trinajstić information content (AvgIpc) is 3.27. The molecule has 8 nitrogen and oxygen atoms in total. The molecule has 0 fully saturated rings. The Balaban J connectivity index is 1.40. The van der Waals surface area contributed by atoms with Gasteiger partial charge in [0.2, 0.25) is 0 Å². The van der Waals surface area contributed by atoms with Gasteiger partial charge in [-0.3, -0.25) is 14.7 Å². The van der Waals surface area contributed by atoms with Crippen molar-refractivity contribution in [1.29, 1.82) is 0 Å². The molecule has 1 aliphatic rings. The van der Waals surface area contributed by atoms with Crippen molar-refractivity contribution in [2.75, 3.05) is 6.54 Å². The third-order valence-corrected chi connectivity index (χ3v) is 9.15. The highest BCUT2D eigenvalue weighted by molar-refractivity contribution is 5.82. The number of benzene rings is 3. The van der Waals surface area contributed by atoms with E-state index in [0.717, 1.165) is 76.0 Å². The summed E-state index contributed by atoms with van der Waals surface area (Å²) in [4.78, 5) is 19.7. The second-order valence-corrected chi connectivity index (χ2v) is 12.5. The molecule has 3 heterocycles. The lowest BCUT2D eigenvalue weighted by Gasteiger charge is -2.33. The molecule has 3 aromatic carbocycles. The second-order valence-electron chi connectivity index (χ2n) is 12.5. The zero-order valence-corrected chi connectivity index (χ0v) is 25.8. The van der Waals surface area contributed by atoms with Gasteiger partial charge in [0.15, 0.2) is 0 Å². The molecule has 0 saturated carbocycles. The molecule has 2 aromatic heterocycles. The normalized spacial score (nSPS) is 16.6. The van der Waals surface area contributed by atoms with Crippen LogP contribution in [0.15, 0.2) is 60.8 Å². The number of aromatic nitrogens is 4. The first kappa shape index (κ1) is 28.8. The number of carboxylic acid groups (broad SMARTS) is 1. The number of carboxylic acids is 1. The third-order valence-electron chi connectivity index (χ3n) is 9.15. The van der Waals surface area contributed by atoms with Gasteiger partial charge < -0.3 is 9.84 Å². The first-order chi connectivity index (χ1) is 20.6. The van der Waals surface area contributed by atoms with Crippen molar-refractivity contribution in [3.05, 3.63) is 94.2 Å². The lowest BCUT2D eigenvalue weighted by molar-refractivity contribution is -0.147. The van der Waals surface area contributed by atoms with E-state index in [1.165, 1.54) is 11.1 Å². The first-order valence-corrected chi connectivity index (χ1v) is 14.9. The van der Waals surface area contributed by atoms with Crippen LogP contribution in [0.5, 0.6) is 5.75 Å². The fourth-order valence-corrected chi connectivity index (χ4v) is 6.47. The zero-order chi connectivity index (χ0) is 30.5. The number of rotatable bonds is 7. The Morgan fingerprint density at radius 1 is 1.14 bits per heavy atom. The monoisotopic (exact) mass is 577 g/mol. The van der Waals surface area contributed by atoms with Crippen LogP contribution < -0.4 is 4.74 Å². The molecule has 1 N–H and O–H groups in total. The average molecular weight is 578 g/mol. The van der Waals surface area contributed by atoms with Crippen LogP contribution in [-0.4, -0.2) is 48.6 Å². The third kappa shape index (κ3) is 5.25. The van der Waals surface area contributed by atoms with Gasteiger partial charge in [0.1, 0.15) is 17.4 Å². The molecule has 222 valence electrons. The highest BCUT2D eigenvalue weighted by atomic mass is 16.5. The molecule has 0 radical (unpaired) electrons. The van der Waals surface area contributed by atoms with Gasteiger partial charge in [-0.2, -0.15) is 0 Å². The van der Waals surface area contributed by atoms with E-state index >= 15 is 0 Å². The van der Waals surface area contributed by atoms with Crippen molar-refractivity contribution in [2.24, 2.45) is 12.5 Å². The molecule has 1 aliphatic heterocycles. The number of nitrogens with zero attached hydrogens (tertiary/aromatic N) is 5. The van der Waals surface area contributed by atoms with Gasteiger partial charge in [-0.1, -0.05) is 42.5 Å². The maximum Gasteiger partial charge on any atom is 0.310 e. The Morgan fingerprint density at radius 2 is 1.95 bits per heavy atom. The number of aliphatic carboxylic acids is 1. The van der Waals surface area contributed by atoms with Gasteiger partial charge in [-0.25, -0.2) is 4.68 Å². The Morgan fingerprint density at radius 3 is 2.72 bits per heavy atom. The lowest BCUT2D eigenvalue weighted by Crippen LogP contribution is -2.33. The summed E-state index contributed by atoms with van der Waals surface area (Å²) in [6.07, 6.45) is 2.80. The van der Waals surface area contributed by atoms with E-state index in [9.17, 15) is 9.90 Å². The minimum absolute atomic E-state index is 0.0684. The Kier molecular flexibility index (Phi) is 7.42. The largest absolute Gasteiger partial charge is 0.489 e. The summed E-state index contributed by atoms with van der Waals surface area (Å²) in [7, 11) is 1.87. The Labute approximate surface area is 252 Å². The van der Waals surface area contributed by atoms with Crippen LogP contribution in [0.25, 0.3) is 21.9 Å². The summed E-state index contributed by atoms with van der Waals surface area (Å²) in [5.74, 6) is -0.297. The summed E-state index contributed by atoms with van der Waals surface area (Å²) < 4.78 is 8.25. The second kappa shape index (κ2) is 11.1. The lowest BCUT2D eigenvalue weighted by atomic mass is 9.69. The van der Waals surface area contributed by atoms with Gasteiger partial charge in [-0.15, -0.1) is 5.10 Å². The molecule has 0 aliphatic carbocycles. The SMILES string of the molecule is CCC1CN(Cc2cc(C(c3ccc4c(nnn4C)c3C)C(C)(C)C(=O)O)ccc2C)Cc2cc3ncccc3cc2O1. The van der Waals surface area contributed by atoms with E-state index in [2.05, 4.69) is 70.4 Å². The van der Waals surface area contributed by atoms with Crippen LogP contribution in [0.2, 0.25) is 0 Å². The van der Waals surface area contributed by atoms with Gasteiger partial charge >= 0.3 is 5.97 Å². The number of hydrogen-bond acceptors (Lipinski definition) is 6. The molecule has 0 spiro atoms. The smallest absolute Gasteiger partial charge is 0.310 e. The molecule has 6 rings (SSSR count). The number of fused-ring (bicyclic) bond motifs is 3. The predicted molar refractivity (Wildman–Crippen MR) is 168 cm³/mol. The zero-order valence-electron chi connectivity index (χ0n) is 25.8. The summed E-state index contributed by atoms with van der Waals surface area (Å²) in [5.41, 5.74) is 8.01. The van der Waals surface area contributed by atoms with E-state index in [1.807, 2.05) is 52.2 Å². The van der Waals surface area contributed by atoms with Crippen molar-refractivity contribution < 1.29 is 14.6 Å².